The van der Waals surface area contributed by atoms with Gasteiger partial charge in [0.2, 0.25) is 0 Å². The average Bonchev–Trinajstić information content (AvgIpc) is 2.47. The van der Waals surface area contributed by atoms with Crippen LogP contribution in [0.15, 0.2) is 0 Å². The van der Waals surface area contributed by atoms with E-state index in [2.05, 4.69) is 13.8 Å². The highest BCUT2D eigenvalue weighted by atomic mass is 16.6. The van der Waals surface area contributed by atoms with E-state index in [9.17, 15) is 4.79 Å². The van der Waals surface area contributed by atoms with Crippen LogP contribution in [0.4, 0.5) is 0 Å². The minimum absolute atomic E-state index is 0.0129. The van der Waals surface area contributed by atoms with E-state index in [4.69, 9.17) is 4.74 Å². The van der Waals surface area contributed by atoms with E-state index in [-0.39, 0.29) is 11.6 Å². The van der Waals surface area contributed by atoms with Gasteiger partial charge in [0.1, 0.15) is 5.60 Å². The lowest BCUT2D eigenvalue weighted by Gasteiger charge is -2.22. The first kappa shape index (κ1) is 11.5. The van der Waals surface area contributed by atoms with Crippen LogP contribution in [-0.2, 0) is 9.53 Å². The highest BCUT2D eigenvalue weighted by Gasteiger charge is 2.34. The van der Waals surface area contributed by atoms with Crippen molar-refractivity contribution >= 4 is 5.97 Å². The van der Waals surface area contributed by atoms with Gasteiger partial charge in [0.15, 0.2) is 0 Å². The molecule has 0 aliphatic carbocycles. The van der Waals surface area contributed by atoms with Gasteiger partial charge in [-0.2, -0.15) is 0 Å². The van der Waals surface area contributed by atoms with Crippen molar-refractivity contribution in [2.75, 3.05) is 0 Å². The maximum Gasteiger partial charge on any atom is 0.306 e. The summed E-state index contributed by atoms with van der Waals surface area (Å²) in [5, 5.41) is 0. The summed E-state index contributed by atoms with van der Waals surface area (Å²) in [6.45, 7) is 4.29. The number of hydrogen-bond acceptors (Lipinski definition) is 2. The Hall–Kier alpha value is -0.530. The molecule has 1 fully saturated rings. The van der Waals surface area contributed by atoms with Crippen LogP contribution in [0.2, 0.25) is 0 Å². The van der Waals surface area contributed by atoms with Gasteiger partial charge in [-0.3, -0.25) is 4.79 Å². The molecule has 2 nitrogen and oxygen atoms in total. The minimum atomic E-state index is -0.136. The molecule has 0 bridgehead atoms. The highest BCUT2D eigenvalue weighted by Crippen LogP contribution is 2.31. The molecule has 0 amide bonds. The number of esters is 1. The van der Waals surface area contributed by atoms with E-state index in [1.54, 1.807) is 0 Å². The Morgan fingerprint density at radius 3 is 2.57 bits per heavy atom. The van der Waals surface area contributed by atoms with Gasteiger partial charge in [-0.05, 0) is 26.2 Å². The van der Waals surface area contributed by atoms with Crippen LogP contribution in [0.25, 0.3) is 0 Å². The summed E-state index contributed by atoms with van der Waals surface area (Å²) in [7, 11) is 0. The highest BCUT2D eigenvalue weighted by molar-refractivity contribution is 5.72. The molecule has 2 heteroatoms. The first-order valence-corrected chi connectivity index (χ1v) is 5.88. The summed E-state index contributed by atoms with van der Waals surface area (Å²) >= 11 is 0. The fraction of sp³-hybridized carbons (Fsp3) is 0.917. The lowest BCUT2D eigenvalue weighted by atomic mass is 9.95. The molecular weight excluding hydrogens is 176 g/mol. The third-order valence-electron chi connectivity index (χ3n) is 3.03. The van der Waals surface area contributed by atoms with Gasteiger partial charge in [-0.25, -0.2) is 0 Å². The number of cyclic esters (lactones) is 1. The number of carbonyl (C=O) groups is 1. The molecule has 1 saturated heterocycles. The second kappa shape index (κ2) is 5.38. The molecule has 1 atom stereocenters. The smallest absolute Gasteiger partial charge is 0.306 e. The molecule has 1 aliphatic heterocycles. The SMILES string of the molecule is CCCCCCCC1(C)CCC(=O)O1. The second-order valence-corrected chi connectivity index (χ2v) is 4.59. The molecule has 1 aliphatic rings. The van der Waals surface area contributed by atoms with Crippen LogP contribution in [0.5, 0.6) is 0 Å². The molecule has 0 aromatic heterocycles. The van der Waals surface area contributed by atoms with Crippen molar-refractivity contribution in [2.45, 2.75) is 70.8 Å². The summed E-state index contributed by atoms with van der Waals surface area (Å²) in [5.41, 5.74) is -0.136. The van der Waals surface area contributed by atoms with E-state index in [0.29, 0.717) is 6.42 Å². The van der Waals surface area contributed by atoms with Crippen molar-refractivity contribution in [3.8, 4) is 0 Å². The van der Waals surface area contributed by atoms with Crippen molar-refractivity contribution < 1.29 is 9.53 Å². The number of unbranched alkanes of at least 4 members (excludes halogenated alkanes) is 4. The fourth-order valence-electron chi connectivity index (χ4n) is 2.02. The fourth-order valence-corrected chi connectivity index (χ4v) is 2.02. The summed E-state index contributed by atoms with van der Waals surface area (Å²) in [4.78, 5) is 11.0. The largest absolute Gasteiger partial charge is 0.459 e. The van der Waals surface area contributed by atoms with E-state index in [0.717, 1.165) is 12.8 Å². The Balaban J connectivity index is 2.08. The molecule has 0 aromatic carbocycles. The predicted octanol–water partition coefficient (Wildman–Crippen LogP) is 3.44. The maximum atomic E-state index is 11.0. The maximum absolute atomic E-state index is 11.0. The van der Waals surface area contributed by atoms with E-state index < -0.39 is 0 Å². The first-order valence-electron chi connectivity index (χ1n) is 5.88. The Kier molecular flexibility index (Phi) is 4.43. The number of ether oxygens (including phenoxy) is 1. The topological polar surface area (TPSA) is 26.3 Å². The van der Waals surface area contributed by atoms with Gasteiger partial charge < -0.3 is 4.74 Å². The number of rotatable bonds is 6. The Morgan fingerprint density at radius 2 is 2.00 bits per heavy atom. The standard InChI is InChI=1S/C12H22O2/c1-3-4-5-6-7-9-12(2)10-8-11(13)14-12/h3-10H2,1-2H3. The van der Waals surface area contributed by atoms with Crippen LogP contribution in [-0.4, -0.2) is 11.6 Å². The van der Waals surface area contributed by atoms with E-state index in [1.807, 2.05) is 0 Å². The summed E-state index contributed by atoms with van der Waals surface area (Å²) in [5.74, 6) is -0.0129. The zero-order valence-electron chi connectivity index (χ0n) is 9.47. The van der Waals surface area contributed by atoms with Gasteiger partial charge in [0.25, 0.3) is 0 Å². The molecule has 1 rings (SSSR count). The monoisotopic (exact) mass is 198 g/mol. The van der Waals surface area contributed by atoms with Crippen molar-refractivity contribution in [1.29, 1.82) is 0 Å². The minimum Gasteiger partial charge on any atom is -0.459 e. The lowest BCUT2D eigenvalue weighted by Crippen LogP contribution is -2.23. The summed E-state index contributed by atoms with van der Waals surface area (Å²) in [6, 6.07) is 0. The zero-order valence-corrected chi connectivity index (χ0v) is 9.47. The van der Waals surface area contributed by atoms with Crippen LogP contribution in [0, 0.1) is 0 Å². The number of carbonyl (C=O) groups excluding carboxylic acids is 1. The van der Waals surface area contributed by atoms with Crippen molar-refractivity contribution in [3.63, 3.8) is 0 Å². The summed E-state index contributed by atoms with van der Waals surface area (Å²) in [6.07, 6.45) is 8.99. The molecular formula is C12H22O2. The molecule has 1 heterocycles. The van der Waals surface area contributed by atoms with Gasteiger partial charge in [0.05, 0.1) is 0 Å². The van der Waals surface area contributed by atoms with Crippen LogP contribution >= 0.6 is 0 Å². The molecule has 0 radical (unpaired) electrons. The van der Waals surface area contributed by atoms with Gasteiger partial charge in [0, 0.05) is 6.42 Å². The number of hydrogen-bond donors (Lipinski definition) is 0. The normalized spacial score (nSPS) is 26.6. The second-order valence-electron chi connectivity index (χ2n) is 4.59. The summed E-state index contributed by atoms with van der Waals surface area (Å²) < 4.78 is 5.32. The van der Waals surface area contributed by atoms with Gasteiger partial charge in [-0.1, -0.05) is 32.6 Å². The van der Waals surface area contributed by atoms with E-state index in [1.165, 1.54) is 32.1 Å². The molecule has 0 N–H and O–H groups in total. The average molecular weight is 198 g/mol. The predicted molar refractivity (Wildman–Crippen MR) is 57.1 cm³/mol. The molecule has 0 spiro atoms. The van der Waals surface area contributed by atoms with Gasteiger partial charge >= 0.3 is 5.97 Å². The molecule has 1 unspecified atom stereocenters. The molecule has 82 valence electrons. The molecule has 0 aromatic rings. The Labute approximate surface area is 87.0 Å². The zero-order chi connectivity index (χ0) is 10.4. The van der Waals surface area contributed by atoms with E-state index >= 15 is 0 Å². The van der Waals surface area contributed by atoms with Crippen molar-refractivity contribution in [1.82, 2.24) is 0 Å². The van der Waals surface area contributed by atoms with Crippen molar-refractivity contribution in [2.24, 2.45) is 0 Å². The van der Waals surface area contributed by atoms with Crippen LogP contribution in [0.3, 0.4) is 0 Å². The molecule has 0 saturated carbocycles. The van der Waals surface area contributed by atoms with Crippen LogP contribution < -0.4 is 0 Å². The lowest BCUT2D eigenvalue weighted by molar-refractivity contribution is -0.147. The van der Waals surface area contributed by atoms with Crippen LogP contribution in [0.1, 0.15) is 65.2 Å². The quantitative estimate of drug-likeness (QED) is 0.482. The molecule has 14 heavy (non-hydrogen) atoms. The van der Waals surface area contributed by atoms with Crippen molar-refractivity contribution in [3.05, 3.63) is 0 Å². The third kappa shape index (κ3) is 3.69. The third-order valence-corrected chi connectivity index (χ3v) is 3.03. The van der Waals surface area contributed by atoms with Gasteiger partial charge in [-0.15, -0.1) is 0 Å². The Bertz CT molecular complexity index is 189. The first-order chi connectivity index (χ1) is 6.66. The Morgan fingerprint density at radius 1 is 1.29 bits per heavy atom.